The van der Waals surface area contributed by atoms with E-state index in [1.54, 1.807) is 0 Å². The minimum absolute atomic E-state index is 0.204. The molecule has 1 aliphatic heterocycles. The third-order valence-electron chi connectivity index (χ3n) is 4.65. The number of amides is 1. The van der Waals surface area contributed by atoms with E-state index in [1.165, 1.54) is 5.56 Å². The van der Waals surface area contributed by atoms with E-state index in [1.807, 2.05) is 0 Å². The molecule has 0 aromatic heterocycles. The molecule has 3 nitrogen and oxygen atoms in total. The first-order valence-corrected chi connectivity index (χ1v) is 7.76. The van der Waals surface area contributed by atoms with Crippen molar-refractivity contribution in [3.8, 4) is 0 Å². The summed E-state index contributed by atoms with van der Waals surface area (Å²) in [7, 11) is 0. The molecule has 1 amide bonds. The van der Waals surface area contributed by atoms with Gasteiger partial charge in [-0.3, -0.25) is 4.79 Å². The number of benzene rings is 1. The Labute approximate surface area is 120 Å². The zero-order valence-electron chi connectivity index (χ0n) is 11.9. The van der Waals surface area contributed by atoms with Gasteiger partial charge < -0.3 is 10.1 Å². The van der Waals surface area contributed by atoms with Crippen LogP contribution in [0.3, 0.4) is 0 Å². The smallest absolute Gasteiger partial charge is 0.223 e. The molecule has 1 atom stereocenters. The molecule has 1 aromatic carbocycles. The number of carbonyl (C=O) groups is 1. The van der Waals surface area contributed by atoms with Gasteiger partial charge in [-0.15, -0.1) is 0 Å². The van der Waals surface area contributed by atoms with Gasteiger partial charge in [-0.1, -0.05) is 30.3 Å². The lowest BCUT2D eigenvalue weighted by atomic mass is 9.78. The van der Waals surface area contributed by atoms with Crippen LogP contribution >= 0.6 is 0 Å². The molecule has 108 valence electrons. The Hall–Kier alpha value is -1.35. The average molecular weight is 273 g/mol. The number of rotatable bonds is 3. The van der Waals surface area contributed by atoms with E-state index >= 15 is 0 Å². The van der Waals surface area contributed by atoms with Gasteiger partial charge >= 0.3 is 0 Å². The fourth-order valence-electron chi connectivity index (χ4n) is 3.38. The Morgan fingerprint density at radius 1 is 1.05 bits per heavy atom. The highest BCUT2D eigenvalue weighted by Gasteiger charge is 2.28. The van der Waals surface area contributed by atoms with Crippen molar-refractivity contribution in [2.24, 2.45) is 5.92 Å². The van der Waals surface area contributed by atoms with E-state index in [0.29, 0.717) is 12.5 Å². The Balaban J connectivity index is 1.49. The Bertz CT molecular complexity index is 432. The zero-order valence-corrected chi connectivity index (χ0v) is 11.9. The van der Waals surface area contributed by atoms with E-state index in [0.717, 1.165) is 38.7 Å². The summed E-state index contributed by atoms with van der Waals surface area (Å²) in [6.45, 7) is 1.47. The molecule has 20 heavy (non-hydrogen) atoms. The summed E-state index contributed by atoms with van der Waals surface area (Å²) in [4.78, 5) is 12.2. The Morgan fingerprint density at radius 3 is 2.45 bits per heavy atom. The molecule has 1 heterocycles. The van der Waals surface area contributed by atoms with Crippen LogP contribution in [0.1, 0.15) is 43.6 Å². The van der Waals surface area contributed by atoms with Crippen molar-refractivity contribution in [2.75, 3.05) is 13.2 Å². The number of hydrogen-bond acceptors (Lipinski definition) is 2. The number of carbonyl (C=O) groups excluding carboxylic acids is 1. The van der Waals surface area contributed by atoms with Crippen LogP contribution in [0.4, 0.5) is 0 Å². The molecule has 0 bridgehead atoms. The fraction of sp³-hybridized carbons (Fsp3) is 0.588. The van der Waals surface area contributed by atoms with E-state index < -0.39 is 0 Å². The van der Waals surface area contributed by atoms with E-state index in [4.69, 9.17) is 4.74 Å². The summed E-state index contributed by atoms with van der Waals surface area (Å²) in [5.41, 5.74) is 1.43. The molecule has 0 radical (unpaired) electrons. The van der Waals surface area contributed by atoms with Gasteiger partial charge in [-0.2, -0.15) is 0 Å². The predicted octanol–water partition coefficient (Wildman–Crippen LogP) is 2.87. The van der Waals surface area contributed by atoms with Gasteiger partial charge in [0.2, 0.25) is 5.91 Å². The normalized spacial score (nSPS) is 30.1. The summed E-state index contributed by atoms with van der Waals surface area (Å²) in [5.74, 6) is 1.08. The number of ether oxygens (including phenoxy) is 1. The standard InChI is InChI=1S/C17H23NO2/c19-17(18-16-10-11-20-12-16)15-8-6-14(7-9-15)13-4-2-1-3-5-13/h1-5,14-16H,6-12H2,(H,18,19). The van der Waals surface area contributed by atoms with Crippen molar-refractivity contribution in [2.45, 2.75) is 44.1 Å². The first-order valence-electron chi connectivity index (χ1n) is 7.76. The highest BCUT2D eigenvalue weighted by molar-refractivity contribution is 5.79. The SMILES string of the molecule is O=C(NC1CCOC1)C1CCC(c2ccccc2)CC1. The number of nitrogens with one attached hydrogen (secondary N) is 1. The topological polar surface area (TPSA) is 38.3 Å². The van der Waals surface area contributed by atoms with Crippen LogP contribution in [0.2, 0.25) is 0 Å². The summed E-state index contributed by atoms with van der Waals surface area (Å²) < 4.78 is 5.31. The third kappa shape index (κ3) is 3.21. The first-order chi connectivity index (χ1) is 9.83. The van der Waals surface area contributed by atoms with Crippen molar-refractivity contribution in [1.29, 1.82) is 0 Å². The first kappa shape index (κ1) is 13.6. The van der Waals surface area contributed by atoms with Crippen molar-refractivity contribution in [1.82, 2.24) is 5.32 Å². The molecule has 3 rings (SSSR count). The maximum Gasteiger partial charge on any atom is 0.223 e. The molecule has 3 heteroatoms. The zero-order chi connectivity index (χ0) is 13.8. The highest BCUT2D eigenvalue weighted by Crippen LogP contribution is 2.35. The summed E-state index contributed by atoms with van der Waals surface area (Å²) >= 11 is 0. The van der Waals surface area contributed by atoms with E-state index in [-0.39, 0.29) is 17.9 Å². The van der Waals surface area contributed by atoms with Crippen molar-refractivity contribution < 1.29 is 9.53 Å². The lowest BCUT2D eigenvalue weighted by molar-refractivity contribution is -0.126. The monoisotopic (exact) mass is 273 g/mol. The summed E-state index contributed by atoms with van der Waals surface area (Å²) in [5, 5.41) is 3.14. The second kappa shape index (κ2) is 6.40. The lowest BCUT2D eigenvalue weighted by Gasteiger charge is -2.28. The van der Waals surface area contributed by atoms with Crippen molar-refractivity contribution >= 4 is 5.91 Å². The van der Waals surface area contributed by atoms with Crippen LogP contribution in [-0.2, 0) is 9.53 Å². The van der Waals surface area contributed by atoms with Gasteiger partial charge in [0.15, 0.2) is 0 Å². The van der Waals surface area contributed by atoms with E-state index in [9.17, 15) is 4.79 Å². The van der Waals surface area contributed by atoms with Crippen LogP contribution in [-0.4, -0.2) is 25.2 Å². The van der Waals surface area contributed by atoms with Crippen molar-refractivity contribution in [3.63, 3.8) is 0 Å². The molecule has 1 N–H and O–H groups in total. The molecule has 1 aliphatic carbocycles. The quantitative estimate of drug-likeness (QED) is 0.919. The predicted molar refractivity (Wildman–Crippen MR) is 78.5 cm³/mol. The molecule has 2 aliphatic rings. The van der Waals surface area contributed by atoms with Gasteiger partial charge in [0.1, 0.15) is 0 Å². The van der Waals surface area contributed by atoms with Gasteiger partial charge in [0, 0.05) is 12.5 Å². The highest BCUT2D eigenvalue weighted by atomic mass is 16.5. The van der Waals surface area contributed by atoms with Gasteiger partial charge in [-0.05, 0) is 43.6 Å². The minimum atomic E-state index is 0.204. The number of hydrogen-bond donors (Lipinski definition) is 1. The second-order valence-electron chi connectivity index (χ2n) is 6.03. The minimum Gasteiger partial charge on any atom is -0.379 e. The molecule has 1 aromatic rings. The molecule has 1 unspecified atom stereocenters. The second-order valence-corrected chi connectivity index (χ2v) is 6.03. The summed E-state index contributed by atoms with van der Waals surface area (Å²) in [6, 6.07) is 10.9. The molecule has 1 saturated heterocycles. The maximum absolute atomic E-state index is 12.2. The van der Waals surface area contributed by atoms with Gasteiger partial charge in [0.25, 0.3) is 0 Å². The molecule has 1 saturated carbocycles. The van der Waals surface area contributed by atoms with Crippen LogP contribution in [0.5, 0.6) is 0 Å². The Morgan fingerprint density at radius 2 is 1.80 bits per heavy atom. The van der Waals surface area contributed by atoms with Crippen LogP contribution in [0.25, 0.3) is 0 Å². The van der Waals surface area contributed by atoms with Crippen LogP contribution in [0, 0.1) is 5.92 Å². The summed E-state index contributed by atoms with van der Waals surface area (Å²) in [6.07, 6.45) is 5.25. The van der Waals surface area contributed by atoms with Crippen molar-refractivity contribution in [3.05, 3.63) is 35.9 Å². The fourth-order valence-corrected chi connectivity index (χ4v) is 3.38. The van der Waals surface area contributed by atoms with Crippen LogP contribution in [0.15, 0.2) is 30.3 Å². The van der Waals surface area contributed by atoms with E-state index in [2.05, 4.69) is 35.6 Å². The maximum atomic E-state index is 12.2. The molecular weight excluding hydrogens is 250 g/mol. The average Bonchev–Trinajstić information content (AvgIpc) is 3.01. The molecular formula is C17H23NO2. The Kier molecular flexibility index (Phi) is 4.36. The largest absolute Gasteiger partial charge is 0.379 e. The third-order valence-corrected chi connectivity index (χ3v) is 4.65. The van der Waals surface area contributed by atoms with Gasteiger partial charge in [-0.25, -0.2) is 0 Å². The molecule has 2 fully saturated rings. The van der Waals surface area contributed by atoms with Gasteiger partial charge in [0.05, 0.1) is 12.6 Å². The van der Waals surface area contributed by atoms with Crippen LogP contribution < -0.4 is 5.32 Å². The molecule has 0 spiro atoms. The lowest BCUT2D eigenvalue weighted by Crippen LogP contribution is -2.40.